The van der Waals surface area contributed by atoms with Gasteiger partial charge in [-0.1, -0.05) is 41.7 Å². The van der Waals surface area contributed by atoms with Gasteiger partial charge in [0, 0.05) is 29.4 Å². The predicted molar refractivity (Wildman–Crippen MR) is 117 cm³/mol. The molecule has 3 aromatic rings. The van der Waals surface area contributed by atoms with Gasteiger partial charge in [-0.3, -0.25) is 4.79 Å². The zero-order valence-corrected chi connectivity index (χ0v) is 17.6. The number of rotatable bonds is 6. The molecule has 0 saturated carbocycles. The summed E-state index contributed by atoms with van der Waals surface area (Å²) in [6.07, 6.45) is 5.41. The summed E-state index contributed by atoms with van der Waals surface area (Å²) >= 11 is 5.87. The number of anilines is 1. The predicted octanol–water partition coefficient (Wildman–Crippen LogP) is 4.63. The van der Waals surface area contributed by atoms with E-state index in [1.807, 2.05) is 24.3 Å². The molecule has 4 rings (SSSR count). The molecule has 0 unspecified atom stereocenters. The molecule has 30 heavy (non-hydrogen) atoms. The molecule has 0 atom stereocenters. The van der Waals surface area contributed by atoms with Crippen molar-refractivity contribution in [1.82, 2.24) is 15.5 Å². The van der Waals surface area contributed by atoms with Gasteiger partial charge in [0.05, 0.1) is 13.0 Å². The molecule has 2 aromatic carbocycles. The maximum atomic E-state index is 12.1. The summed E-state index contributed by atoms with van der Waals surface area (Å²) < 4.78 is 5.29. The van der Waals surface area contributed by atoms with Crippen LogP contribution in [0.3, 0.4) is 0 Å². The van der Waals surface area contributed by atoms with Gasteiger partial charge >= 0.3 is 0 Å². The third kappa shape index (κ3) is 5.39. The summed E-state index contributed by atoms with van der Waals surface area (Å²) in [5, 5.41) is 7.51. The summed E-state index contributed by atoms with van der Waals surface area (Å²) in [6.45, 7) is 2.42. The minimum Gasteiger partial charge on any atom is -0.372 e. The van der Waals surface area contributed by atoms with Crippen LogP contribution >= 0.6 is 11.6 Å². The third-order valence-electron chi connectivity index (χ3n) is 5.28. The van der Waals surface area contributed by atoms with Crippen LogP contribution < -0.4 is 10.2 Å². The highest BCUT2D eigenvalue weighted by atomic mass is 35.5. The van der Waals surface area contributed by atoms with Crippen LogP contribution in [0.2, 0.25) is 5.02 Å². The van der Waals surface area contributed by atoms with Crippen molar-refractivity contribution >= 4 is 23.2 Å². The number of carbonyl (C=O) groups excluding carboxylic acids is 1. The van der Waals surface area contributed by atoms with Gasteiger partial charge in [0.1, 0.15) is 0 Å². The molecule has 0 bridgehead atoms. The number of halogens is 1. The molecule has 6 nitrogen and oxygen atoms in total. The highest BCUT2D eigenvalue weighted by Gasteiger charge is 2.13. The van der Waals surface area contributed by atoms with Crippen molar-refractivity contribution < 1.29 is 9.32 Å². The molecule has 0 spiro atoms. The van der Waals surface area contributed by atoms with E-state index in [1.54, 1.807) is 12.1 Å². The molecule has 1 aliphatic rings. The lowest BCUT2D eigenvalue weighted by atomic mass is 10.1. The molecule has 0 radical (unpaired) electrons. The third-order valence-corrected chi connectivity index (χ3v) is 5.53. The van der Waals surface area contributed by atoms with Gasteiger partial charge in [-0.25, -0.2) is 0 Å². The zero-order chi connectivity index (χ0) is 20.8. The molecular formula is C23H25ClN4O2. The standard InChI is InChI=1S/C23H25ClN4O2/c24-19-9-5-17(6-10-19)15-21(29)25-16-22-26-23(27-30-22)18-7-11-20(12-8-18)28-13-3-1-2-4-14-28/h5-12H,1-4,13-16H2,(H,25,29). The number of hydrogen-bond donors (Lipinski definition) is 1. The van der Waals surface area contributed by atoms with Crippen LogP contribution in [0.1, 0.15) is 37.1 Å². The first-order valence-electron chi connectivity index (χ1n) is 10.4. The Labute approximate surface area is 181 Å². The number of benzene rings is 2. The van der Waals surface area contributed by atoms with E-state index < -0.39 is 0 Å². The van der Waals surface area contributed by atoms with Crippen LogP contribution in [0.5, 0.6) is 0 Å². The van der Waals surface area contributed by atoms with E-state index in [9.17, 15) is 4.79 Å². The maximum Gasteiger partial charge on any atom is 0.246 e. The number of aromatic nitrogens is 2. The van der Waals surface area contributed by atoms with Crippen molar-refractivity contribution in [3.05, 3.63) is 65.0 Å². The van der Waals surface area contributed by atoms with E-state index in [4.69, 9.17) is 16.1 Å². The van der Waals surface area contributed by atoms with E-state index in [0.29, 0.717) is 16.7 Å². The second-order valence-corrected chi connectivity index (χ2v) is 7.98. The van der Waals surface area contributed by atoms with Gasteiger partial charge in [0.25, 0.3) is 0 Å². The van der Waals surface area contributed by atoms with Gasteiger partial charge in [-0.15, -0.1) is 0 Å². The maximum absolute atomic E-state index is 12.1. The van der Waals surface area contributed by atoms with Crippen LogP contribution in [-0.4, -0.2) is 29.1 Å². The Morgan fingerprint density at radius 3 is 2.40 bits per heavy atom. The van der Waals surface area contributed by atoms with Crippen LogP contribution in [0.15, 0.2) is 53.1 Å². The molecule has 156 valence electrons. The van der Waals surface area contributed by atoms with Crippen molar-refractivity contribution in [2.75, 3.05) is 18.0 Å². The Hall–Kier alpha value is -2.86. The summed E-state index contributed by atoms with van der Waals surface area (Å²) in [7, 11) is 0. The molecule has 1 amide bonds. The quantitative estimate of drug-likeness (QED) is 0.624. The molecule has 1 saturated heterocycles. The van der Waals surface area contributed by atoms with Crippen molar-refractivity contribution in [3.8, 4) is 11.4 Å². The van der Waals surface area contributed by atoms with Crippen LogP contribution in [0, 0.1) is 0 Å². The van der Waals surface area contributed by atoms with E-state index in [-0.39, 0.29) is 18.9 Å². The highest BCUT2D eigenvalue weighted by molar-refractivity contribution is 6.30. The molecule has 0 aliphatic carbocycles. The Morgan fingerprint density at radius 2 is 1.70 bits per heavy atom. The Bertz CT molecular complexity index is 962. The highest BCUT2D eigenvalue weighted by Crippen LogP contribution is 2.23. The Kier molecular flexibility index (Phi) is 6.64. The first-order valence-corrected chi connectivity index (χ1v) is 10.7. The average Bonchev–Trinajstić information content (AvgIpc) is 3.07. The average molecular weight is 425 g/mol. The van der Waals surface area contributed by atoms with E-state index >= 15 is 0 Å². The molecule has 1 N–H and O–H groups in total. The SMILES string of the molecule is O=C(Cc1ccc(Cl)cc1)NCc1nc(-c2ccc(N3CCCCCC3)cc2)no1. The lowest BCUT2D eigenvalue weighted by Crippen LogP contribution is -2.24. The lowest BCUT2D eigenvalue weighted by Gasteiger charge is -2.22. The smallest absolute Gasteiger partial charge is 0.246 e. The number of carbonyl (C=O) groups is 1. The molecule has 1 fully saturated rings. The molecular weight excluding hydrogens is 400 g/mol. The van der Waals surface area contributed by atoms with Crippen molar-refractivity contribution in [2.45, 2.75) is 38.6 Å². The van der Waals surface area contributed by atoms with E-state index in [0.717, 1.165) is 24.2 Å². The number of nitrogens with one attached hydrogen (secondary N) is 1. The topological polar surface area (TPSA) is 71.3 Å². The minimum atomic E-state index is -0.112. The number of nitrogens with zero attached hydrogens (tertiary/aromatic N) is 3. The minimum absolute atomic E-state index is 0.112. The van der Waals surface area contributed by atoms with E-state index in [1.165, 1.54) is 31.4 Å². The Balaban J connectivity index is 1.32. The second kappa shape index (κ2) is 9.76. The molecule has 7 heteroatoms. The zero-order valence-electron chi connectivity index (χ0n) is 16.8. The number of amides is 1. The molecule has 1 aliphatic heterocycles. The van der Waals surface area contributed by atoms with Gasteiger partial charge in [0.15, 0.2) is 0 Å². The largest absolute Gasteiger partial charge is 0.372 e. The van der Waals surface area contributed by atoms with Crippen LogP contribution in [-0.2, 0) is 17.8 Å². The summed E-state index contributed by atoms with van der Waals surface area (Å²) in [4.78, 5) is 19.0. The summed E-state index contributed by atoms with van der Waals surface area (Å²) in [5.74, 6) is 0.796. The van der Waals surface area contributed by atoms with Crippen LogP contribution in [0.4, 0.5) is 5.69 Å². The second-order valence-electron chi connectivity index (χ2n) is 7.54. The summed E-state index contributed by atoms with van der Waals surface area (Å²) in [5.41, 5.74) is 3.03. The fourth-order valence-electron chi connectivity index (χ4n) is 3.62. The van der Waals surface area contributed by atoms with Crippen molar-refractivity contribution in [2.24, 2.45) is 0 Å². The first-order chi connectivity index (χ1) is 14.7. The Morgan fingerprint density at radius 1 is 1.00 bits per heavy atom. The van der Waals surface area contributed by atoms with Gasteiger partial charge in [0.2, 0.25) is 17.6 Å². The normalized spacial score (nSPS) is 14.4. The lowest BCUT2D eigenvalue weighted by molar-refractivity contribution is -0.120. The van der Waals surface area contributed by atoms with Crippen molar-refractivity contribution in [3.63, 3.8) is 0 Å². The fraction of sp³-hybridized carbons (Fsp3) is 0.348. The van der Waals surface area contributed by atoms with E-state index in [2.05, 4.69) is 32.5 Å². The van der Waals surface area contributed by atoms with Gasteiger partial charge in [-0.05, 0) is 54.8 Å². The van der Waals surface area contributed by atoms with Crippen LogP contribution in [0.25, 0.3) is 11.4 Å². The van der Waals surface area contributed by atoms with Crippen molar-refractivity contribution in [1.29, 1.82) is 0 Å². The monoisotopic (exact) mass is 424 g/mol. The van der Waals surface area contributed by atoms with Gasteiger partial charge in [-0.2, -0.15) is 4.98 Å². The molecule has 2 heterocycles. The van der Waals surface area contributed by atoms with Gasteiger partial charge < -0.3 is 14.7 Å². The fourth-order valence-corrected chi connectivity index (χ4v) is 3.74. The summed E-state index contributed by atoms with van der Waals surface area (Å²) in [6, 6.07) is 15.5. The first kappa shape index (κ1) is 20.4. The molecule has 1 aromatic heterocycles. The number of hydrogen-bond acceptors (Lipinski definition) is 5.